The van der Waals surface area contributed by atoms with E-state index in [1.807, 2.05) is 12.1 Å². The van der Waals surface area contributed by atoms with Crippen LogP contribution in [0.2, 0.25) is 0 Å². The van der Waals surface area contributed by atoms with E-state index in [0.29, 0.717) is 6.54 Å². The lowest BCUT2D eigenvalue weighted by atomic mass is 9.86. The van der Waals surface area contributed by atoms with Crippen LogP contribution in [0.5, 0.6) is 11.5 Å². The molecule has 0 saturated heterocycles. The fourth-order valence-electron chi connectivity index (χ4n) is 1.69. The van der Waals surface area contributed by atoms with Gasteiger partial charge < -0.3 is 15.2 Å². The molecule has 0 saturated carbocycles. The average Bonchev–Trinajstić information content (AvgIpc) is 2.36. The number of rotatable bonds is 6. The molecular weight excluding hydrogens is 294 g/mol. The summed E-state index contributed by atoms with van der Waals surface area (Å²) < 4.78 is 11.6. The van der Waals surface area contributed by atoms with Crippen molar-refractivity contribution in [3.63, 3.8) is 0 Å². The van der Waals surface area contributed by atoms with Crippen molar-refractivity contribution in [1.29, 1.82) is 0 Å². The fraction of sp³-hybridized carbons (Fsp3) is 0.571. The largest absolute Gasteiger partial charge is 0.496 e. The van der Waals surface area contributed by atoms with Crippen LogP contribution < -0.4 is 15.2 Å². The standard InChI is InChI=1S/C14H22BrNO2/c1-14(2,9-16)6-5-10-7-13(18-4)11(15)8-12(10)17-3/h7-8H,5-6,9,16H2,1-4H3. The van der Waals surface area contributed by atoms with Crippen LogP contribution in [-0.2, 0) is 6.42 Å². The molecule has 1 aromatic rings. The zero-order valence-electron chi connectivity index (χ0n) is 11.5. The van der Waals surface area contributed by atoms with Gasteiger partial charge in [0.1, 0.15) is 11.5 Å². The van der Waals surface area contributed by atoms with E-state index in [1.54, 1.807) is 14.2 Å². The molecule has 0 bridgehead atoms. The van der Waals surface area contributed by atoms with E-state index in [-0.39, 0.29) is 5.41 Å². The molecule has 2 N–H and O–H groups in total. The van der Waals surface area contributed by atoms with Crippen LogP contribution in [0.1, 0.15) is 25.8 Å². The van der Waals surface area contributed by atoms with Gasteiger partial charge in [-0.05, 0) is 58.4 Å². The molecule has 0 atom stereocenters. The van der Waals surface area contributed by atoms with E-state index >= 15 is 0 Å². The Balaban J connectivity index is 2.93. The highest BCUT2D eigenvalue weighted by atomic mass is 79.9. The van der Waals surface area contributed by atoms with Crippen molar-refractivity contribution < 1.29 is 9.47 Å². The summed E-state index contributed by atoms with van der Waals surface area (Å²) in [6, 6.07) is 3.97. The number of nitrogens with two attached hydrogens (primary N) is 1. The Hall–Kier alpha value is -0.740. The summed E-state index contributed by atoms with van der Waals surface area (Å²) in [6.07, 6.45) is 1.95. The number of ether oxygens (including phenoxy) is 2. The van der Waals surface area contributed by atoms with Crippen molar-refractivity contribution in [3.8, 4) is 11.5 Å². The number of aryl methyl sites for hydroxylation is 1. The number of halogens is 1. The van der Waals surface area contributed by atoms with Gasteiger partial charge in [-0.3, -0.25) is 0 Å². The second-order valence-corrected chi connectivity index (χ2v) is 6.02. The van der Waals surface area contributed by atoms with Crippen molar-refractivity contribution in [2.24, 2.45) is 11.1 Å². The van der Waals surface area contributed by atoms with Crippen LogP contribution in [0.15, 0.2) is 16.6 Å². The molecule has 0 amide bonds. The molecule has 0 spiro atoms. The highest BCUT2D eigenvalue weighted by molar-refractivity contribution is 9.10. The molecule has 4 heteroatoms. The number of hydrogen-bond acceptors (Lipinski definition) is 3. The van der Waals surface area contributed by atoms with E-state index in [0.717, 1.165) is 34.4 Å². The zero-order valence-corrected chi connectivity index (χ0v) is 13.1. The van der Waals surface area contributed by atoms with Gasteiger partial charge in [-0.1, -0.05) is 13.8 Å². The van der Waals surface area contributed by atoms with Gasteiger partial charge in [-0.25, -0.2) is 0 Å². The first-order valence-corrected chi connectivity index (χ1v) is 6.83. The second kappa shape index (κ2) is 6.43. The summed E-state index contributed by atoms with van der Waals surface area (Å²) in [6.45, 7) is 5.04. The molecule has 0 aliphatic carbocycles. The molecule has 1 aromatic carbocycles. The summed E-state index contributed by atoms with van der Waals surface area (Å²) in [5, 5.41) is 0. The first kappa shape index (κ1) is 15.3. The lowest BCUT2D eigenvalue weighted by Gasteiger charge is -2.23. The first-order chi connectivity index (χ1) is 8.43. The maximum atomic E-state index is 5.76. The first-order valence-electron chi connectivity index (χ1n) is 6.04. The summed E-state index contributed by atoms with van der Waals surface area (Å²) in [5.74, 6) is 1.71. The molecule has 0 heterocycles. The minimum Gasteiger partial charge on any atom is -0.496 e. The van der Waals surface area contributed by atoms with E-state index in [4.69, 9.17) is 15.2 Å². The van der Waals surface area contributed by atoms with Crippen molar-refractivity contribution in [2.45, 2.75) is 26.7 Å². The van der Waals surface area contributed by atoms with Crippen LogP contribution >= 0.6 is 15.9 Å². The fourth-order valence-corrected chi connectivity index (χ4v) is 2.18. The summed E-state index contributed by atoms with van der Waals surface area (Å²) >= 11 is 3.46. The molecule has 0 fully saturated rings. The highest BCUT2D eigenvalue weighted by Crippen LogP contribution is 2.34. The molecule has 0 aromatic heterocycles. The Kier molecular flexibility index (Phi) is 5.47. The van der Waals surface area contributed by atoms with E-state index in [9.17, 15) is 0 Å². The molecule has 0 aliphatic heterocycles. The maximum absolute atomic E-state index is 5.76. The van der Waals surface area contributed by atoms with Gasteiger partial charge in [-0.15, -0.1) is 0 Å². The van der Waals surface area contributed by atoms with Gasteiger partial charge in [0.2, 0.25) is 0 Å². The van der Waals surface area contributed by atoms with Gasteiger partial charge in [-0.2, -0.15) is 0 Å². The van der Waals surface area contributed by atoms with Crippen molar-refractivity contribution in [2.75, 3.05) is 20.8 Å². The van der Waals surface area contributed by atoms with Crippen LogP contribution in [0, 0.1) is 5.41 Å². The molecule has 3 nitrogen and oxygen atoms in total. The molecule has 0 aliphatic rings. The molecule has 0 radical (unpaired) electrons. The molecule has 1 rings (SSSR count). The van der Waals surface area contributed by atoms with E-state index in [1.165, 1.54) is 0 Å². The predicted octanol–water partition coefficient (Wildman–Crippen LogP) is 3.38. The smallest absolute Gasteiger partial charge is 0.133 e. The zero-order chi connectivity index (χ0) is 13.8. The molecular formula is C14H22BrNO2. The number of benzene rings is 1. The van der Waals surface area contributed by atoms with Gasteiger partial charge in [0.25, 0.3) is 0 Å². The highest BCUT2D eigenvalue weighted by Gasteiger charge is 2.17. The SMILES string of the molecule is COc1cc(CCC(C)(C)CN)c(OC)cc1Br. The Bertz CT molecular complexity index is 405. The Morgan fingerprint density at radius 3 is 2.28 bits per heavy atom. The van der Waals surface area contributed by atoms with Crippen LogP contribution in [-0.4, -0.2) is 20.8 Å². The van der Waals surface area contributed by atoms with Gasteiger partial charge in [0.05, 0.1) is 18.7 Å². The second-order valence-electron chi connectivity index (χ2n) is 5.17. The normalized spacial score (nSPS) is 11.4. The Morgan fingerprint density at radius 2 is 1.78 bits per heavy atom. The van der Waals surface area contributed by atoms with Crippen molar-refractivity contribution in [1.82, 2.24) is 0 Å². The molecule has 102 valence electrons. The van der Waals surface area contributed by atoms with Gasteiger partial charge in [0, 0.05) is 0 Å². The summed E-state index contributed by atoms with van der Waals surface area (Å²) in [5.41, 5.74) is 7.05. The minimum absolute atomic E-state index is 0.144. The third-order valence-corrected chi connectivity index (χ3v) is 3.80. The lowest BCUT2D eigenvalue weighted by molar-refractivity contribution is 0.342. The number of hydrogen-bond donors (Lipinski definition) is 1. The van der Waals surface area contributed by atoms with E-state index < -0.39 is 0 Å². The van der Waals surface area contributed by atoms with Crippen LogP contribution in [0.25, 0.3) is 0 Å². The quantitative estimate of drug-likeness (QED) is 0.875. The predicted molar refractivity (Wildman–Crippen MR) is 78.4 cm³/mol. The van der Waals surface area contributed by atoms with Crippen molar-refractivity contribution in [3.05, 3.63) is 22.2 Å². The van der Waals surface area contributed by atoms with Crippen LogP contribution in [0.4, 0.5) is 0 Å². The van der Waals surface area contributed by atoms with Gasteiger partial charge >= 0.3 is 0 Å². The van der Waals surface area contributed by atoms with E-state index in [2.05, 4.69) is 29.8 Å². The lowest BCUT2D eigenvalue weighted by Crippen LogP contribution is -2.24. The Morgan fingerprint density at radius 1 is 1.17 bits per heavy atom. The van der Waals surface area contributed by atoms with Gasteiger partial charge in [0.15, 0.2) is 0 Å². The third-order valence-electron chi connectivity index (χ3n) is 3.18. The Labute approximate surface area is 118 Å². The van der Waals surface area contributed by atoms with Crippen molar-refractivity contribution >= 4 is 15.9 Å². The number of methoxy groups -OCH3 is 2. The van der Waals surface area contributed by atoms with Crippen LogP contribution in [0.3, 0.4) is 0 Å². The third kappa shape index (κ3) is 3.89. The molecule has 0 unspecified atom stereocenters. The maximum Gasteiger partial charge on any atom is 0.133 e. The average molecular weight is 316 g/mol. The summed E-state index contributed by atoms with van der Waals surface area (Å²) in [4.78, 5) is 0. The molecule has 18 heavy (non-hydrogen) atoms. The topological polar surface area (TPSA) is 44.5 Å². The summed E-state index contributed by atoms with van der Waals surface area (Å²) in [7, 11) is 3.35. The monoisotopic (exact) mass is 315 g/mol. The minimum atomic E-state index is 0.144.